The Labute approximate surface area is 96.9 Å². The van der Waals surface area contributed by atoms with E-state index >= 15 is 0 Å². The highest BCUT2D eigenvalue weighted by atomic mass is 14.8. The van der Waals surface area contributed by atoms with Crippen LogP contribution in [0, 0.1) is 0 Å². The molecule has 2 aromatic carbocycles. The van der Waals surface area contributed by atoms with Crippen LogP contribution < -0.4 is 11.5 Å². The normalized spacial score (nSPS) is 9.50. The second-order valence-electron chi connectivity index (χ2n) is 3.57. The first-order chi connectivity index (χ1) is 7.45. The van der Waals surface area contributed by atoms with Gasteiger partial charge in [0, 0.05) is 13.1 Å². The Balaban J connectivity index is 0.00000128. The Morgan fingerprint density at radius 2 is 1.00 bits per heavy atom. The largest absolute Gasteiger partial charge is 0.344 e. The molecule has 0 aliphatic heterocycles. The zero-order valence-corrected chi connectivity index (χ0v) is 9.39. The van der Waals surface area contributed by atoms with Gasteiger partial charge in [0.05, 0.1) is 0 Å². The quantitative estimate of drug-likeness (QED) is 0.821. The zero-order valence-electron chi connectivity index (χ0n) is 9.39. The van der Waals surface area contributed by atoms with E-state index in [-0.39, 0.29) is 6.15 Å². The van der Waals surface area contributed by atoms with Crippen LogP contribution >= 0.6 is 0 Å². The molecule has 0 aromatic heterocycles. The van der Waals surface area contributed by atoms with Crippen LogP contribution in [-0.2, 0) is 13.1 Å². The molecule has 0 radical (unpaired) electrons. The summed E-state index contributed by atoms with van der Waals surface area (Å²) in [6, 6.07) is 20.9. The second kappa shape index (κ2) is 6.77. The molecule has 2 heteroatoms. The smallest absolute Gasteiger partial charge is 0.0208 e. The van der Waals surface area contributed by atoms with Gasteiger partial charge in [0.1, 0.15) is 0 Å². The summed E-state index contributed by atoms with van der Waals surface area (Å²) in [4.78, 5) is 0. The first-order valence-electron chi connectivity index (χ1n) is 5.24. The van der Waals surface area contributed by atoms with Gasteiger partial charge in [0.25, 0.3) is 0 Å². The molecule has 0 fully saturated rings. The first-order valence-corrected chi connectivity index (χ1v) is 5.24. The third-order valence-electron chi connectivity index (χ3n) is 2.34. The van der Waals surface area contributed by atoms with E-state index in [0.717, 1.165) is 13.1 Å². The first kappa shape index (κ1) is 12.4. The van der Waals surface area contributed by atoms with E-state index in [2.05, 4.69) is 53.8 Å². The Morgan fingerprint density at radius 1 is 0.625 bits per heavy atom. The van der Waals surface area contributed by atoms with E-state index in [0.29, 0.717) is 0 Å². The highest BCUT2D eigenvalue weighted by Crippen LogP contribution is 2.00. The van der Waals surface area contributed by atoms with Crippen molar-refractivity contribution in [3.05, 3.63) is 71.8 Å². The van der Waals surface area contributed by atoms with Crippen molar-refractivity contribution >= 4 is 0 Å². The molecule has 0 saturated carbocycles. The van der Waals surface area contributed by atoms with Gasteiger partial charge < -0.3 is 11.5 Å². The Hall–Kier alpha value is -1.64. The molecule has 0 heterocycles. The van der Waals surface area contributed by atoms with E-state index in [9.17, 15) is 0 Å². The number of rotatable bonds is 4. The molecule has 4 N–H and O–H groups in total. The van der Waals surface area contributed by atoms with E-state index in [1.165, 1.54) is 11.1 Å². The highest BCUT2D eigenvalue weighted by molar-refractivity contribution is 5.16. The lowest BCUT2D eigenvalue weighted by molar-refractivity contribution is 0.693. The minimum Gasteiger partial charge on any atom is -0.344 e. The summed E-state index contributed by atoms with van der Waals surface area (Å²) >= 11 is 0. The molecule has 0 atom stereocenters. The van der Waals surface area contributed by atoms with Gasteiger partial charge in [0.2, 0.25) is 0 Å². The molecular weight excluding hydrogens is 196 g/mol. The highest BCUT2D eigenvalue weighted by Gasteiger charge is 1.92. The molecule has 84 valence electrons. The average Bonchev–Trinajstić information content (AvgIpc) is 2.32. The van der Waals surface area contributed by atoms with E-state index in [1.807, 2.05) is 12.1 Å². The average molecular weight is 214 g/mol. The fourth-order valence-electron chi connectivity index (χ4n) is 1.54. The van der Waals surface area contributed by atoms with Crippen molar-refractivity contribution in [1.29, 1.82) is 0 Å². The van der Waals surface area contributed by atoms with Crippen molar-refractivity contribution < 1.29 is 0 Å². The van der Waals surface area contributed by atoms with Crippen molar-refractivity contribution in [2.24, 2.45) is 0 Å². The van der Waals surface area contributed by atoms with E-state index in [4.69, 9.17) is 0 Å². The standard InChI is InChI=1S/C14H15N.H3N/c1-3-7-13(8-4-1)11-15-12-14-9-5-2-6-10-14;/h1-10,15H,11-12H2;1H3. The molecule has 0 spiro atoms. The van der Waals surface area contributed by atoms with Gasteiger partial charge in [-0.15, -0.1) is 0 Å². The lowest BCUT2D eigenvalue weighted by Gasteiger charge is -2.04. The fourth-order valence-corrected chi connectivity index (χ4v) is 1.54. The SMILES string of the molecule is N.c1ccc(CNCc2ccccc2)cc1. The fraction of sp³-hybridized carbons (Fsp3) is 0.143. The maximum atomic E-state index is 3.42. The molecular formula is C14H18N2. The topological polar surface area (TPSA) is 47.0 Å². The second-order valence-corrected chi connectivity index (χ2v) is 3.57. The summed E-state index contributed by atoms with van der Waals surface area (Å²) in [7, 11) is 0. The monoisotopic (exact) mass is 214 g/mol. The number of benzene rings is 2. The Bertz CT molecular complexity index is 344. The predicted molar refractivity (Wildman–Crippen MR) is 68.4 cm³/mol. The zero-order chi connectivity index (χ0) is 10.3. The Kier molecular flexibility index (Phi) is 5.26. The third kappa shape index (κ3) is 3.85. The summed E-state index contributed by atoms with van der Waals surface area (Å²) in [5.74, 6) is 0. The maximum absolute atomic E-state index is 3.42. The third-order valence-corrected chi connectivity index (χ3v) is 2.34. The molecule has 0 saturated heterocycles. The van der Waals surface area contributed by atoms with E-state index in [1.54, 1.807) is 0 Å². The molecule has 16 heavy (non-hydrogen) atoms. The lowest BCUT2D eigenvalue weighted by atomic mass is 10.2. The minimum atomic E-state index is 0. The summed E-state index contributed by atoms with van der Waals surface area (Å²) in [6.07, 6.45) is 0. The Morgan fingerprint density at radius 3 is 1.38 bits per heavy atom. The van der Waals surface area contributed by atoms with Gasteiger partial charge in [-0.05, 0) is 11.1 Å². The van der Waals surface area contributed by atoms with Crippen molar-refractivity contribution in [3.8, 4) is 0 Å². The molecule has 2 rings (SSSR count). The van der Waals surface area contributed by atoms with Gasteiger partial charge in [-0.2, -0.15) is 0 Å². The minimum absolute atomic E-state index is 0. The molecule has 0 amide bonds. The molecule has 0 unspecified atom stereocenters. The van der Waals surface area contributed by atoms with Gasteiger partial charge in [-0.1, -0.05) is 60.7 Å². The van der Waals surface area contributed by atoms with Crippen molar-refractivity contribution in [2.75, 3.05) is 0 Å². The molecule has 0 aliphatic carbocycles. The summed E-state index contributed by atoms with van der Waals surface area (Å²) < 4.78 is 0. The summed E-state index contributed by atoms with van der Waals surface area (Å²) in [5, 5.41) is 3.42. The van der Waals surface area contributed by atoms with Gasteiger partial charge in [-0.25, -0.2) is 0 Å². The van der Waals surface area contributed by atoms with Gasteiger partial charge >= 0.3 is 0 Å². The molecule has 0 bridgehead atoms. The van der Waals surface area contributed by atoms with Crippen LogP contribution in [0.25, 0.3) is 0 Å². The summed E-state index contributed by atoms with van der Waals surface area (Å²) in [6.45, 7) is 1.85. The number of nitrogens with one attached hydrogen (secondary N) is 1. The van der Waals surface area contributed by atoms with Crippen LogP contribution in [0.4, 0.5) is 0 Å². The number of hydrogen-bond donors (Lipinski definition) is 2. The van der Waals surface area contributed by atoms with Gasteiger partial charge in [-0.3, -0.25) is 0 Å². The van der Waals surface area contributed by atoms with Crippen molar-refractivity contribution in [3.63, 3.8) is 0 Å². The molecule has 2 aromatic rings. The van der Waals surface area contributed by atoms with Crippen molar-refractivity contribution in [1.82, 2.24) is 11.5 Å². The van der Waals surface area contributed by atoms with Crippen LogP contribution in [-0.4, -0.2) is 0 Å². The molecule has 2 nitrogen and oxygen atoms in total. The predicted octanol–water partition coefficient (Wildman–Crippen LogP) is 3.14. The molecule has 0 aliphatic rings. The van der Waals surface area contributed by atoms with Crippen LogP contribution in [0.2, 0.25) is 0 Å². The van der Waals surface area contributed by atoms with Crippen LogP contribution in [0.15, 0.2) is 60.7 Å². The van der Waals surface area contributed by atoms with Crippen LogP contribution in [0.1, 0.15) is 11.1 Å². The van der Waals surface area contributed by atoms with Crippen molar-refractivity contribution in [2.45, 2.75) is 13.1 Å². The van der Waals surface area contributed by atoms with Crippen LogP contribution in [0.3, 0.4) is 0 Å². The summed E-state index contributed by atoms with van der Waals surface area (Å²) in [5.41, 5.74) is 2.65. The van der Waals surface area contributed by atoms with Gasteiger partial charge in [0.15, 0.2) is 0 Å². The van der Waals surface area contributed by atoms with Crippen LogP contribution in [0.5, 0.6) is 0 Å². The lowest BCUT2D eigenvalue weighted by Crippen LogP contribution is -2.12. The number of hydrogen-bond acceptors (Lipinski definition) is 2. The maximum Gasteiger partial charge on any atom is 0.0208 e. The van der Waals surface area contributed by atoms with E-state index < -0.39 is 0 Å².